The molecule has 1 fully saturated rings. The van der Waals surface area contributed by atoms with E-state index in [9.17, 15) is 4.79 Å². The van der Waals surface area contributed by atoms with Crippen LogP contribution in [0.1, 0.15) is 25.7 Å². The van der Waals surface area contributed by atoms with Crippen molar-refractivity contribution < 1.29 is 4.79 Å². The van der Waals surface area contributed by atoms with E-state index in [1.165, 1.54) is 12.8 Å². The number of fused-ring (bicyclic) bond motifs is 1. The highest BCUT2D eigenvalue weighted by Gasteiger charge is 2.28. The molecule has 4 heteroatoms. The summed E-state index contributed by atoms with van der Waals surface area (Å²) >= 11 is 2.29. The van der Waals surface area contributed by atoms with E-state index < -0.39 is 0 Å². The van der Waals surface area contributed by atoms with Gasteiger partial charge in [-0.1, -0.05) is 25.0 Å². The van der Waals surface area contributed by atoms with Gasteiger partial charge in [0.25, 0.3) is 0 Å². The van der Waals surface area contributed by atoms with Crippen molar-refractivity contribution in [3.05, 3.63) is 46.7 Å². The maximum Gasteiger partial charge on any atom is 0.227 e. The number of benzene rings is 1. The smallest absolute Gasteiger partial charge is 0.227 e. The molecule has 1 aromatic carbocycles. The first-order chi connectivity index (χ1) is 10.7. The number of allylic oxidation sites excluding steroid dienone is 1. The van der Waals surface area contributed by atoms with Crippen LogP contribution in [0.5, 0.6) is 0 Å². The second-order valence-electron chi connectivity index (χ2n) is 5.88. The number of nitrogens with zero attached hydrogens (tertiary/aromatic N) is 1. The first kappa shape index (κ1) is 15.5. The zero-order valence-corrected chi connectivity index (χ0v) is 14.5. The summed E-state index contributed by atoms with van der Waals surface area (Å²) in [6.07, 6.45) is 7.83. The summed E-state index contributed by atoms with van der Waals surface area (Å²) in [6.45, 7) is 3.79. The summed E-state index contributed by atoms with van der Waals surface area (Å²) in [5, 5.41) is 4.15. The predicted octanol–water partition coefficient (Wildman–Crippen LogP) is 4.77. The second kappa shape index (κ2) is 6.77. The van der Waals surface area contributed by atoms with Crippen molar-refractivity contribution in [2.75, 3.05) is 5.32 Å². The van der Waals surface area contributed by atoms with Crippen LogP contribution in [0.4, 0.5) is 5.69 Å². The van der Waals surface area contributed by atoms with E-state index in [2.05, 4.69) is 39.5 Å². The third kappa shape index (κ3) is 3.48. The molecular formula is C18H19IN2O. The molecule has 3 rings (SSSR count). The van der Waals surface area contributed by atoms with Gasteiger partial charge in [0.15, 0.2) is 0 Å². The summed E-state index contributed by atoms with van der Waals surface area (Å²) in [7, 11) is 0. The zero-order chi connectivity index (χ0) is 15.5. The fourth-order valence-electron chi connectivity index (χ4n) is 2.74. The van der Waals surface area contributed by atoms with Gasteiger partial charge in [0, 0.05) is 21.1 Å². The minimum Gasteiger partial charge on any atom is -0.324 e. The van der Waals surface area contributed by atoms with Crippen molar-refractivity contribution in [2.45, 2.75) is 25.7 Å². The number of aromatic nitrogens is 1. The topological polar surface area (TPSA) is 42.0 Å². The summed E-state index contributed by atoms with van der Waals surface area (Å²) in [6, 6.07) is 7.91. The molecule has 2 aromatic rings. The Morgan fingerprint density at radius 3 is 3.00 bits per heavy atom. The minimum absolute atomic E-state index is 0.0167. The Morgan fingerprint density at radius 2 is 2.27 bits per heavy atom. The number of rotatable bonds is 6. The van der Waals surface area contributed by atoms with Crippen LogP contribution in [-0.4, -0.2) is 10.9 Å². The SMILES string of the molecule is C=CCC(CC1CC1)C(=O)Nc1ccc(I)c2cccnc12. The largest absolute Gasteiger partial charge is 0.324 e. The Balaban J connectivity index is 1.83. The molecule has 0 radical (unpaired) electrons. The van der Waals surface area contributed by atoms with Gasteiger partial charge in [0.1, 0.15) is 0 Å². The molecule has 1 amide bonds. The van der Waals surface area contributed by atoms with Gasteiger partial charge in [-0.25, -0.2) is 0 Å². The minimum atomic E-state index is 0.0167. The highest BCUT2D eigenvalue weighted by molar-refractivity contribution is 14.1. The number of carbonyl (C=O) groups excluding carboxylic acids is 1. The zero-order valence-electron chi connectivity index (χ0n) is 12.4. The molecule has 22 heavy (non-hydrogen) atoms. The summed E-state index contributed by atoms with van der Waals surface area (Å²) in [4.78, 5) is 17.0. The Hall–Kier alpha value is -1.43. The molecule has 0 bridgehead atoms. The van der Waals surface area contributed by atoms with Crippen LogP contribution >= 0.6 is 22.6 Å². The van der Waals surface area contributed by atoms with Crippen LogP contribution in [-0.2, 0) is 4.79 Å². The highest BCUT2D eigenvalue weighted by Crippen LogP contribution is 2.37. The normalized spacial score (nSPS) is 15.5. The van der Waals surface area contributed by atoms with Gasteiger partial charge < -0.3 is 5.32 Å². The van der Waals surface area contributed by atoms with Gasteiger partial charge in [-0.15, -0.1) is 6.58 Å². The van der Waals surface area contributed by atoms with Crippen molar-refractivity contribution in [2.24, 2.45) is 11.8 Å². The molecule has 1 atom stereocenters. The summed E-state index contributed by atoms with van der Waals surface area (Å²) in [5.41, 5.74) is 1.65. The van der Waals surface area contributed by atoms with E-state index in [1.807, 2.05) is 30.3 Å². The summed E-state index contributed by atoms with van der Waals surface area (Å²) < 4.78 is 1.14. The molecular weight excluding hydrogens is 387 g/mol. The van der Waals surface area contributed by atoms with Crippen LogP contribution in [0.25, 0.3) is 10.9 Å². The van der Waals surface area contributed by atoms with E-state index >= 15 is 0 Å². The third-order valence-electron chi connectivity index (χ3n) is 4.11. The molecule has 0 spiro atoms. The molecule has 1 aliphatic carbocycles. The van der Waals surface area contributed by atoms with Crippen LogP contribution in [0.15, 0.2) is 43.1 Å². The van der Waals surface area contributed by atoms with Gasteiger partial charge in [-0.05, 0) is 59.5 Å². The molecule has 1 heterocycles. The molecule has 1 aromatic heterocycles. The maximum absolute atomic E-state index is 12.6. The fourth-order valence-corrected chi connectivity index (χ4v) is 3.36. The lowest BCUT2D eigenvalue weighted by Gasteiger charge is -2.16. The molecule has 114 valence electrons. The lowest BCUT2D eigenvalue weighted by molar-refractivity contribution is -0.120. The van der Waals surface area contributed by atoms with Crippen LogP contribution in [0.2, 0.25) is 0 Å². The van der Waals surface area contributed by atoms with Crippen LogP contribution < -0.4 is 5.32 Å². The summed E-state index contributed by atoms with van der Waals surface area (Å²) in [5.74, 6) is 0.824. The number of amides is 1. The van der Waals surface area contributed by atoms with Gasteiger partial charge in [-0.3, -0.25) is 9.78 Å². The van der Waals surface area contributed by atoms with Gasteiger partial charge in [-0.2, -0.15) is 0 Å². The highest BCUT2D eigenvalue weighted by atomic mass is 127. The van der Waals surface area contributed by atoms with E-state index in [0.29, 0.717) is 0 Å². The first-order valence-electron chi connectivity index (χ1n) is 7.64. The predicted molar refractivity (Wildman–Crippen MR) is 98.7 cm³/mol. The quantitative estimate of drug-likeness (QED) is 0.555. The number of nitrogens with one attached hydrogen (secondary N) is 1. The number of hydrogen-bond acceptors (Lipinski definition) is 2. The number of carbonyl (C=O) groups is 1. The van der Waals surface area contributed by atoms with E-state index in [1.54, 1.807) is 6.20 Å². The molecule has 0 aliphatic heterocycles. The number of anilines is 1. The van der Waals surface area contributed by atoms with Crippen molar-refractivity contribution in [3.8, 4) is 0 Å². The number of halogens is 1. The lowest BCUT2D eigenvalue weighted by Crippen LogP contribution is -2.23. The average molecular weight is 406 g/mol. The Morgan fingerprint density at radius 1 is 1.45 bits per heavy atom. The van der Waals surface area contributed by atoms with Crippen molar-refractivity contribution in [3.63, 3.8) is 0 Å². The van der Waals surface area contributed by atoms with Gasteiger partial charge in [0.05, 0.1) is 11.2 Å². The molecule has 1 unspecified atom stereocenters. The molecule has 0 saturated heterocycles. The third-order valence-corrected chi connectivity index (χ3v) is 5.05. The van der Waals surface area contributed by atoms with Crippen LogP contribution in [0, 0.1) is 15.4 Å². The van der Waals surface area contributed by atoms with Crippen molar-refractivity contribution in [1.29, 1.82) is 0 Å². The standard InChI is InChI=1S/C18H19IN2O/c1-2-4-13(11-12-6-7-12)18(22)21-16-9-8-15(19)14-5-3-10-20-17(14)16/h2-3,5,8-10,12-13H,1,4,6-7,11H2,(H,21,22). The maximum atomic E-state index is 12.6. The van der Waals surface area contributed by atoms with E-state index in [-0.39, 0.29) is 11.8 Å². The number of hydrogen-bond donors (Lipinski definition) is 1. The Labute approximate surface area is 144 Å². The number of pyridine rings is 1. The van der Waals surface area contributed by atoms with Gasteiger partial charge >= 0.3 is 0 Å². The van der Waals surface area contributed by atoms with Gasteiger partial charge in [0.2, 0.25) is 5.91 Å². The Bertz CT molecular complexity index is 709. The van der Waals surface area contributed by atoms with Crippen LogP contribution in [0.3, 0.4) is 0 Å². The molecule has 3 nitrogen and oxygen atoms in total. The Kier molecular flexibility index (Phi) is 4.76. The molecule has 1 N–H and O–H groups in total. The van der Waals surface area contributed by atoms with E-state index in [4.69, 9.17) is 0 Å². The van der Waals surface area contributed by atoms with E-state index in [0.717, 1.165) is 38.9 Å². The second-order valence-corrected chi connectivity index (χ2v) is 7.05. The molecule has 1 saturated carbocycles. The first-order valence-corrected chi connectivity index (χ1v) is 8.72. The molecule has 1 aliphatic rings. The average Bonchev–Trinajstić information content (AvgIpc) is 3.34. The monoisotopic (exact) mass is 406 g/mol. The fraction of sp³-hybridized carbons (Fsp3) is 0.333. The van der Waals surface area contributed by atoms with Crippen molar-refractivity contribution in [1.82, 2.24) is 4.98 Å². The van der Waals surface area contributed by atoms with Crippen molar-refractivity contribution >= 4 is 45.1 Å². The lowest BCUT2D eigenvalue weighted by atomic mass is 9.97.